The van der Waals surface area contributed by atoms with Crippen molar-refractivity contribution >= 4 is 15.9 Å². The van der Waals surface area contributed by atoms with Gasteiger partial charge in [-0.25, -0.2) is 4.39 Å². The molecule has 0 bridgehead atoms. The molecule has 108 valence electrons. The molecule has 0 spiro atoms. The first-order valence-corrected chi connectivity index (χ1v) is 7.61. The Labute approximate surface area is 123 Å². The summed E-state index contributed by atoms with van der Waals surface area (Å²) in [5.41, 5.74) is 0.973. The summed E-state index contributed by atoms with van der Waals surface area (Å²) in [6.45, 7) is 7.76. The van der Waals surface area contributed by atoms with E-state index in [1.54, 1.807) is 6.07 Å². The molecule has 0 aromatic heterocycles. The van der Waals surface area contributed by atoms with Crippen molar-refractivity contribution in [1.82, 2.24) is 5.32 Å². The summed E-state index contributed by atoms with van der Waals surface area (Å²) in [5, 5.41) is 3.45. The SMILES string of the molecule is CCCNC(COC(C)C)Cc1cccc(F)c1Br. The molecule has 1 rings (SSSR count). The third-order valence-electron chi connectivity index (χ3n) is 2.81. The molecule has 19 heavy (non-hydrogen) atoms. The molecule has 0 heterocycles. The Balaban J connectivity index is 2.66. The largest absolute Gasteiger partial charge is 0.377 e. The van der Waals surface area contributed by atoms with Gasteiger partial charge in [-0.05, 0) is 60.8 Å². The van der Waals surface area contributed by atoms with Gasteiger partial charge >= 0.3 is 0 Å². The molecule has 1 aromatic rings. The van der Waals surface area contributed by atoms with Gasteiger partial charge in [0.2, 0.25) is 0 Å². The van der Waals surface area contributed by atoms with E-state index in [4.69, 9.17) is 4.74 Å². The molecule has 0 aliphatic heterocycles. The molecule has 0 saturated heterocycles. The third-order valence-corrected chi connectivity index (χ3v) is 3.70. The van der Waals surface area contributed by atoms with Crippen LogP contribution in [0.25, 0.3) is 0 Å². The van der Waals surface area contributed by atoms with Crippen molar-refractivity contribution in [3.8, 4) is 0 Å². The fourth-order valence-corrected chi connectivity index (χ4v) is 2.24. The molecular formula is C15H23BrFNO. The predicted octanol–water partition coefficient (Wildman–Crippen LogP) is 3.92. The number of ether oxygens (including phenoxy) is 1. The maximum Gasteiger partial charge on any atom is 0.137 e. The van der Waals surface area contributed by atoms with Crippen molar-refractivity contribution in [3.05, 3.63) is 34.1 Å². The quantitative estimate of drug-likeness (QED) is 0.779. The standard InChI is InChI=1S/C15H23BrFNO/c1-4-8-18-13(10-19-11(2)3)9-12-6-5-7-14(17)15(12)16/h5-7,11,13,18H,4,8-10H2,1-3H3. The van der Waals surface area contributed by atoms with Gasteiger partial charge in [-0.3, -0.25) is 0 Å². The van der Waals surface area contributed by atoms with Crippen LogP contribution in [0.3, 0.4) is 0 Å². The number of rotatable bonds is 8. The Kier molecular flexibility index (Phi) is 7.57. The highest BCUT2D eigenvalue weighted by molar-refractivity contribution is 9.10. The van der Waals surface area contributed by atoms with Crippen LogP contribution in [-0.4, -0.2) is 25.3 Å². The number of hydrogen-bond acceptors (Lipinski definition) is 2. The highest BCUT2D eigenvalue weighted by Crippen LogP contribution is 2.21. The van der Waals surface area contributed by atoms with Crippen molar-refractivity contribution in [2.75, 3.05) is 13.2 Å². The summed E-state index contributed by atoms with van der Waals surface area (Å²) in [5.74, 6) is -0.212. The van der Waals surface area contributed by atoms with E-state index < -0.39 is 0 Å². The second-order valence-electron chi connectivity index (χ2n) is 4.95. The average Bonchev–Trinajstić information content (AvgIpc) is 2.37. The van der Waals surface area contributed by atoms with Crippen LogP contribution in [-0.2, 0) is 11.2 Å². The van der Waals surface area contributed by atoms with E-state index >= 15 is 0 Å². The molecule has 0 fully saturated rings. The first-order chi connectivity index (χ1) is 9.04. The van der Waals surface area contributed by atoms with Gasteiger partial charge in [-0.1, -0.05) is 19.1 Å². The van der Waals surface area contributed by atoms with Crippen LogP contribution in [0, 0.1) is 5.82 Å². The van der Waals surface area contributed by atoms with E-state index in [2.05, 4.69) is 28.2 Å². The predicted molar refractivity (Wildman–Crippen MR) is 81.0 cm³/mol. The van der Waals surface area contributed by atoms with Crippen molar-refractivity contribution in [1.29, 1.82) is 0 Å². The molecule has 0 radical (unpaired) electrons. The van der Waals surface area contributed by atoms with Crippen LogP contribution in [0.1, 0.15) is 32.8 Å². The third kappa shape index (κ3) is 6.02. The van der Waals surface area contributed by atoms with Gasteiger partial charge in [0.05, 0.1) is 17.2 Å². The number of nitrogens with one attached hydrogen (secondary N) is 1. The number of hydrogen-bond donors (Lipinski definition) is 1. The minimum atomic E-state index is -0.212. The van der Waals surface area contributed by atoms with E-state index in [-0.39, 0.29) is 18.0 Å². The van der Waals surface area contributed by atoms with E-state index in [0.29, 0.717) is 11.1 Å². The Hall–Kier alpha value is -0.450. The number of halogens is 2. The van der Waals surface area contributed by atoms with E-state index in [9.17, 15) is 4.39 Å². The Morgan fingerprint density at radius 3 is 2.74 bits per heavy atom. The van der Waals surface area contributed by atoms with Gasteiger partial charge in [0.25, 0.3) is 0 Å². The van der Waals surface area contributed by atoms with Crippen LogP contribution < -0.4 is 5.32 Å². The topological polar surface area (TPSA) is 21.3 Å². The average molecular weight is 332 g/mol. The van der Waals surface area contributed by atoms with Crippen molar-refractivity contribution < 1.29 is 9.13 Å². The lowest BCUT2D eigenvalue weighted by Crippen LogP contribution is -2.37. The first kappa shape index (κ1) is 16.6. The molecular weight excluding hydrogens is 309 g/mol. The lowest BCUT2D eigenvalue weighted by Gasteiger charge is -2.20. The highest BCUT2D eigenvalue weighted by atomic mass is 79.9. The van der Waals surface area contributed by atoms with Gasteiger partial charge in [0.15, 0.2) is 0 Å². The molecule has 1 aromatic carbocycles. The molecule has 1 atom stereocenters. The van der Waals surface area contributed by atoms with Crippen LogP contribution in [0.5, 0.6) is 0 Å². The minimum Gasteiger partial charge on any atom is -0.377 e. The summed E-state index contributed by atoms with van der Waals surface area (Å²) in [6.07, 6.45) is 2.04. The van der Waals surface area contributed by atoms with Gasteiger partial charge in [-0.15, -0.1) is 0 Å². The van der Waals surface area contributed by atoms with Crippen molar-refractivity contribution in [2.24, 2.45) is 0 Å². The Morgan fingerprint density at radius 1 is 1.37 bits per heavy atom. The first-order valence-electron chi connectivity index (χ1n) is 6.82. The van der Waals surface area contributed by atoms with Gasteiger partial charge in [0, 0.05) is 6.04 Å². The van der Waals surface area contributed by atoms with Gasteiger partial charge in [-0.2, -0.15) is 0 Å². The summed E-state index contributed by atoms with van der Waals surface area (Å²) in [7, 11) is 0. The maximum atomic E-state index is 13.5. The zero-order valence-corrected chi connectivity index (χ0v) is 13.5. The summed E-state index contributed by atoms with van der Waals surface area (Å²) in [4.78, 5) is 0. The van der Waals surface area contributed by atoms with Crippen molar-refractivity contribution in [3.63, 3.8) is 0 Å². The zero-order valence-electron chi connectivity index (χ0n) is 11.9. The second kappa shape index (κ2) is 8.67. The minimum absolute atomic E-state index is 0.209. The molecule has 0 amide bonds. The van der Waals surface area contributed by atoms with E-state index in [1.807, 2.05) is 19.9 Å². The molecule has 1 unspecified atom stereocenters. The highest BCUT2D eigenvalue weighted by Gasteiger charge is 2.13. The van der Waals surface area contributed by atoms with E-state index in [0.717, 1.165) is 24.9 Å². The van der Waals surface area contributed by atoms with E-state index in [1.165, 1.54) is 6.07 Å². The second-order valence-corrected chi connectivity index (χ2v) is 5.74. The molecule has 0 aliphatic rings. The summed E-state index contributed by atoms with van der Waals surface area (Å²) >= 11 is 3.31. The summed E-state index contributed by atoms with van der Waals surface area (Å²) in [6, 6.07) is 5.37. The molecule has 2 nitrogen and oxygen atoms in total. The van der Waals surface area contributed by atoms with Crippen LogP contribution in [0.4, 0.5) is 4.39 Å². The smallest absolute Gasteiger partial charge is 0.137 e. The van der Waals surface area contributed by atoms with Gasteiger partial charge in [0.1, 0.15) is 5.82 Å². The fraction of sp³-hybridized carbons (Fsp3) is 0.600. The number of benzene rings is 1. The van der Waals surface area contributed by atoms with Crippen LogP contribution in [0.15, 0.2) is 22.7 Å². The Bertz CT molecular complexity index is 384. The van der Waals surface area contributed by atoms with Crippen molar-refractivity contribution in [2.45, 2.75) is 45.8 Å². The fourth-order valence-electron chi connectivity index (χ4n) is 1.82. The molecule has 0 aliphatic carbocycles. The lowest BCUT2D eigenvalue weighted by atomic mass is 10.1. The molecule has 1 N–H and O–H groups in total. The Morgan fingerprint density at radius 2 is 2.11 bits per heavy atom. The van der Waals surface area contributed by atoms with Crippen LogP contribution in [0.2, 0.25) is 0 Å². The van der Waals surface area contributed by atoms with Crippen LogP contribution >= 0.6 is 15.9 Å². The summed E-state index contributed by atoms with van der Waals surface area (Å²) < 4.78 is 19.7. The monoisotopic (exact) mass is 331 g/mol. The van der Waals surface area contributed by atoms with Gasteiger partial charge < -0.3 is 10.1 Å². The maximum absolute atomic E-state index is 13.5. The lowest BCUT2D eigenvalue weighted by molar-refractivity contribution is 0.0612. The normalized spacial score (nSPS) is 12.9. The molecule has 4 heteroatoms. The zero-order chi connectivity index (χ0) is 14.3. The molecule has 0 saturated carbocycles.